The van der Waals surface area contributed by atoms with Crippen LogP contribution in [0.15, 0.2) is 24.3 Å². The van der Waals surface area contributed by atoms with E-state index in [-0.39, 0.29) is 0 Å². The molecule has 0 aliphatic carbocycles. The maximum atomic E-state index is 12.5. The van der Waals surface area contributed by atoms with E-state index in [1.165, 1.54) is 12.1 Å². The monoisotopic (exact) mass is 301 g/mol. The second-order valence-electron chi connectivity index (χ2n) is 5.84. The quantitative estimate of drug-likeness (QED) is 0.930. The zero-order valence-corrected chi connectivity index (χ0v) is 11.8. The van der Waals surface area contributed by atoms with Crippen LogP contribution in [0.2, 0.25) is 0 Å². The van der Waals surface area contributed by atoms with Crippen molar-refractivity contribution >= 4 is 5.97 Å². The number of likely N-dealkylation sites (tertiary alicyclic amines) is 1. The van der Waals surface area contributed by atoms with Gasteiger partial charge in [-0.15, -0.1) is 0 Å². The minimum absolute atomic E-state index is 0.549. The van der Waals surface area contributed by atoms with E-state index in [0.29, 0.717) is 32.5 Å². The van der Waals surface area contributed by atoms with E-state index >= 15 is 0 Å². The molecular formula is C15H18F3NO2. The number of alkyl halides is 3. The van der Waals surface area contributed by atoms with Crippen molar-refractivity contribution in [2.45, 2.75) is 32.5 Å². The van der Waals surface area contributed by atoms with E-state index in [0.717, 1.165) is 17.7 Å². The molecule has 0 saturated carbocycles. The average molecular weight is 301 g/mol. The number of nitrogens with zero attached hydrogens (tertiary/aromatic N) is 1. The molecular weight excluding hydrogens is 283 g/mol. The number of carboxylic acids is 1. The zero-order chi connectivity index (χ0) is 15.7. The van der Waals surface area contributed by atoms with Crippen LogP contribution in [0.1, 0.15) is 30.9 Å². The van der Waals surface area contributed by atoms with E-state index in [4.69, 9.17) is 5.11 Å². The average Bonchev–Trinajstić information content (AvgIpc) is 2.41. The third-order valence-corrected chi connectivity index (χ3v) is 4.16. The first-order chi connectivity index (χ1) is 9.71. The van der Waals surface area contributed by atoms with Crippen LogP contribution >= 0.6 is 0 Å². The topological polar surface area (TPSA) is 40.5 Å². The minimum Gasteiger partial charge on any atom is -0.481 e. The maximum absolute atomic E-state index is 12.5. The van der Waals surface area contributed by atoms with Crippen molar-refractivity contribution in [3.05, 3.63) is 35.4 Å². The number of carbonyl (C=O) groups is 1. The summed E-state index contributed by atoms with van der Waals surface area (Å²) in [6.45, 7) is 3.58. The largest absolute Gasteiger partial charge is 0.481 e. The number of aliphatic carboxylic acids is 1. The Balaban J connectivity index is 1.94. The molecule has 21 heavy (non-hydrogen) atoms. The van der Waals surface area contributed by atoms with Crippen molar-refractivity contribution in [1.29, 1.82) is 0 Å². The summed E-state index contributed by atoms with van der Waals surface area (Å²) in [7, 11) is 0. The zero-order valence-electron chi connectivity index (χ0n) is 11.8. The van der Waals surface area contributed by atoms with E-state index in [2.05, 4.69) is 4.90 Å². The first kappa shape index (κ1) is 15.8. The summed E-state index contributed by atoms with van der Waals surface area (Å²) in [6, 6.07) is 5.13. The molecule has 1 aromatic carbocycles. The molecule has 6 heteroatoms. The summed E-state index contributed by atoms with van der Waals surface area (Å²) >= 11 is 0. The molecule has 0 atom stereocenters. The van der Waals surface area contributed by atoms with Gasteiger partial charge in [-0.1, -0.05) is 12.1 Å². The Hall–Kier alpha value is -1.56. The lowest BCUT2D eigenvalue weighted by molar-refractivity contribution is -0.150. The number of halogens is 3. The van der Waals surface area contributed by atoms with Crippen LogP contribution in [-0.4, -0.2) is 29.1 Å². The SMILES string of the molecule is CC1(C(=O)O)CCN(Cc2ccc(C(F)(F)F)cc2)CC1. The molecule has 0 bridgehead atoms. The van der Waals surface area contributed by atoms with Gasteiger partial charge < -0.3 is 5.11 Å². The van der Waals surface area contributed by atoms with E-state index < -0.39 is 23.1 Å². The fraction of sp³-hybridized carbons (Fsp3) is 0.533. The molecule has 2 rings (SSSR count). The van der Waals surface area contributed by atoms with Gasteiger partial charge in [0.15, 0.2) is 0 Å². The van der Waals surface area contributed by atoms with Gasteiger partial charge in [-0.05, 0) is 50.6 Å². The predicted octanol–water partition coefficient (Wildman–Crippen LogP) is 3.39. The van der Waals surface area contributed by atoms with Gasteiger partial charge >= 0.3 is 12.1 Å². The van der Waals surface area contributed by atoms with E-state index in [9.17, 15) is 18.0 Å². The Bertz CT molecular complexity index is 503. The van der Waals surface area contributed by atoms with Crippen LogP contribution in [0.25, 0.3) is 0 Å². The normalized spacial score (nSPS) is 19.4. The van der Waals surface area contributed by atoms with Crippen LogP contribution in [-0.2, 0) is 17.5 Å². The highest BCUT2D eigenvalue weighted by Gasteiger charge is 2.36. The number of hydrogen-bond donors (Lipinski definition) is 1. The first-order valence-electron chi connectivity index (χ1n) is 6.83. The summed E-state index contributed by atoms with van der Waals surface area (Å²) in [4.78, 5) is 13.2. The Morgan fingerprint density at radius 1 is 1.24 bits per heavy atom. The van der Waals surface area contributed by atoms with Gasteiger partial charge in [-0.2, -0.15) is 13.2 Å². The third-order valence-electron chi connectivity index (χ3n) is 4.16. The summed E-state index contributed by atoms with van der Waals surface area (Å²) in [5, 5.41) is 9.16. The minimum atomic E-state index is -4.31. The molecule has 1 aliphatic heterocycles. The fourth-order valence-corrected chi connectivity index (χ4v) is 2.48. The lowest BCUT2D eigenvalue weighted by atomic mass is 9.80. The number of rotatable bonds is 3. The molecule has 1 saturated heterocycles. The summed E-state index contributed by atoms with van der Waals surface area (Å²) < 4.78 is 37.4. The standard InChI is InChI=1S/C15H18F3NO2/c1-14(13(20)21)6-8-19(9-7-14)10-11-2-4-12(5-3-11)15(16,17)18/h2-5H,6-10H2,1H3,(H,20,21). The molecule has 116 valence electrons. The lowest BCUT2D eigenvalue weighted by Crippen LogP contribution is -2.42. The molecule has 0 aromatic heterocycles. The molecule has 0 amide bonds. The molecule has 0 spiro atoms. The van der Waals surface area contributed by atoms with Crippen molar-refractivity contribution < 1.29 is 23.1 Å². The Labute approximate surface area is 121 Å². The van der Waals surface area contributed by atoms with Crippen molar-refractivity contribution in [2.75, 3.05) is 13.1 Å². The first-order valence-corrected chi connectivity index (χ1v) is 6.83. The number of piperidine rings is 1. The molecule has 0 radical (unpaired) electrons. The van der Waals surface area contributed by atoms with Crippen LogP contribution in [0.4, 0.5) is 13.2 Å². The highest BCUT2D eigenvalue weighted by molar-refractivity contribution is 5.74. The highest BCUT2D eigenvalue weighted by atomic mass is 19.4. The highest BCUT2D eigenvalue weighted by Crippen LogP contribution is 2.32. The summed E-state index contributed by atoms with van der Waals surface area (Å²) in [6.07, 6.45) is -3.20. The fourth-order valence-electron chi connectivity index (χ4n) is 2.48. The van der Waals surface area contributed by atoms with Crippen molar-refractivity contribution in [3.8, 4) is 0 Å². The number of hydrogen-bond acceptors (Lipinski definition) is 2. The summed E-state index contributed by atoms with van der Waals surface area (Å²) in [5.74, 6) is -0.781. The number of carboxylic acid groups (broad SMARTS) is 1. The predicted molar refractivity (Wildman–Crippen MR) is 71.7 cm³/mol. The van der Waals surface area contributed by atoms with Gasteiger partial charge in [0.05, 0.1) is 11.0 Å². The molecule has 1 fully saturated rings. The Morgan fingerprint density at radius 2 is 1.76 bits per heavy atom. The van der Waals surface area contributed by atoms with Crippen LogP contribution in [0, 0.1) is 5.41 Å². The molecule has 1 N–H and O–H groups in total. The molecule has 1 aliphatic rings. The van der Waals surface area contributed by atoms with Crippen molar-refractivity contribution in [1.82, 2.24) is 4.90 Å². The Morgan fingerprint density at radius 3 is 2.19 bits per heavy atom. The molecule has 3 nitrogen and oxygen atoms in total. The van der Waals surface area contributed by atoms with E-state index in [1.54, 1.807) is 6.92 Å². The molecule has 1 heterocycles. The van der Waals surface area contributed by atoms with Crippen LogP contribution in [0.3, 0.4) is 0 Å². The number of benzene rings is 1. The van der Waals surface area contributed by atoms with Gasteiger partial charge in [0.2, 0.25) is 0 Å². The third kappa shape index (κ3) is 3.75. The smallest absolute Gasteiger partial charge is 0.416 e. The molecule has 0 unspecified atom stereocenters. The maximum Gasteiger partial charge on any atom is 0.416 e. The summed E-state index contributed by atoms with van der Waals surface area (Å²) in [5.41, 5.74) is -0.526. The second kappa shape index (κ2) is 5.67. The van der Waals surface area contributed by atoms with Crippen molar-refractivity contribution in [2.24, 2.45) is 5.41 Å². The van der Waals surface area contributed by atoms with Gasteiger partial charge in [0.1, 0.15) is 0 Å². The van der Waals surface area contributed by atoms with Gasteiger partial charge in [-0.25, -0.2) is 0 Å². The van der Waals surface area contributed by atoms with Gasteiger partial charge in [0.25, 0.3) is 0 Å². The van der Waals surface area contributed by atoms with Crippen LogP contribution in [0.5, 0.6) is 0 Å². The van der Waals surface area contributed by atoms with E-state index in [1.807, 2.05) is 0 Å². The van der Waals surface area contributed by atoms with Gasteiger partial charge in [0, 0.05) is 6.54 Å². The van der Waals surface area contributed by atoms with Gasteiger partial charge in [-0.3, -0.25) is 9.69 Å². The Kier molecular flexibility index (Phi) is 4.27. The molecule has 1 aromatic rings. The second-order valence-corrected chi connectivity index (χ2v) is 5.84. The van der Waals surface area contributed by atoms with Crippen LogP contribution < -0.4 is 0 Å². The van der Waals surface area contributed by atoms with Crippen molar-refractivity contribution in [3.63, 3.8) is 0 Å². The lowest BCUT2D eigenvalue weighted by Gasteiger charge is -2.36.